The van der Waals surface area contributed by atoms with Crippen LogP contribution in [0.4, 0.5) is 0 Å². The summed E-state index contributed by atoms with van der Waals surface area (Å²) in [6, 6.07) is 0. The van der Waals surface area contributed by atoms with Gasteiger partial charge in [-0.2, -0.15) is 0 Å². The molecule has 0 bridgehead atoms. The van der Waals surface area contributed by atoms with E-state index >= 15 is 0 Å². The highest BCUT2D eigenvalue weighted by atomic mass is 28.4. The van der Waals surface area contributed by atoms with Crippen LogP contribution in [0.3, 0.4) is 0 Å². The number of methoxy groups -OCH3 is 1. The van der Waals surface area contributed by atoms with Gasteiger partial charge in [-0.05, 0) is 104 Å². The summed E-state index contributed by atoms with van der Waals surface area (Å²) in [5.74, 6) is 0.508. The average molecular weight is 599 g/mol. The quantitative estimate of drug-likeness (QED) is 0.0681. The van der Waals surface area contributed by atoms with E-state index in [0.717, 1.165) is 32.1 Å². The molecule has 1 aliphatic carbocycles. The van der Waals surface area contributed by atoms with Gasteiger partial charge in [0.15, 0.2) is 25.0 Å². The van der Waals surface area contributed by atoms with Crippen molar-refractivity contribution in [1.29, 1.82) is 0 Å². The van der Waals surface area contributed by atoms with Crippen molar-refractivity contribution in [1.82, 2.24) is 0 Å². The van der Waals surface area contributed by atoms with Gasteiger partial charge in [-0.3, -0.25) is 4.79 Å². The van der Waals surface area contributed by atoms with Crippen molar-refractivity contribution in [2.45, 2.75) is 148 Å². The Morgan fingerprint density at radius 2 is 1.49 bits per heavy atom. The summed E-state index contributed by atoms with van der Waals surface area (Å²) in [6.45, 7) is 25.2. The molecule has 0 aliphatic heterocycles. The molecule has 0 unspecified atom stereocenters. The molecule has 1 aliphatic rings. The minimum atomic E-state index is -1.75. The first-order chi connectivity index (χ1) is 17.9. The smallest absolute Gasteiger partial charge is 0.305 e. The molecule has 0 radical (unpaired) electrons. The third-order valence-electron chi connectivity index (χ3n) is 6.92. The van der Waals surface area contributed by atoms with Gasteiger partial charge in [-0.15, -0.1) is 0 Å². The minimum Gasteiger partial charge on any atom is -0.469 e. The summed E-state index contributed by atoms with van der Waals surface area (Å²) in [5, 5.41) is 0. The molecule has 5 atom stereocenters. The van der Waals surface area contributed by atoms with E-state index in [1.165, 1.54) is 26.4 Å². The topological polar surface area (TPSA) is 54.0 Å². The Balaban J connectivity index is 3.28. The molecule has 39 heavy (non-hydrogen) atoms. The summed E-state index contributed by atoms with van der Waals surface area (Å²) in [7, 11) is -3.76. The second-order valence-corrected chi connectivity index (χ2v) is 27.9. The zero-order chi connectivity index (χ0) is 29.9. The van der Waals surface area contributed by atoms with Gasteiger partial charge in [0, 0.05) is 12.3 Å². The van der Waals surface area contributed by atoms with Crippen molar-refractivity contribution < 1.29 is 22.8 Å². The highest BCUT2D eigenvalue weighted by Crippen LogP contribution is 2.43. The predicted molar refractivity (Wildman–Crippen MR) is 174 cm³/mol. The Morgan fingerprint density at radius 1 is 0.872 bits per heavy atom. The summed E-state index contributed by atoms with van der Waals surface area (Å²) in [4.78, 5) is 11.5. The molecular weight excluding hydrogens is 537 g/mol. The number of unbranched alkanes of at least 4 members (excludes halogenated alkanes) is 3. The average Bonchev–Trinajstić information content (AvgIpc) is 3.05. The normalized spacial score (nSPS) is 24.5. The third kappa shape index (κ3) is 15.9. The first kappa shape index (κ1) is 36.5. The number of allylic oxidation sites excluding steroid dienone is 2. The van der Waals surface area contributed by atoms with Crippen molar-refractivity contribution in [2.75, 3.05) is 7.11 Å². The Bertz CT molecular complexity index is 779. The van der Waals surface area contributed by atoms with Gasteiger partial charge in [0.05, 0.1) is 24.9 Å². The highest BCUT2D eigenvalue weighted by Gasteiger charge is 2.45. The molecule has 0 saturated heterocycles. The number of hydrogen-bond acceptors (Lipinski definition) is 5. The monoisotopic (exact) mass is 598 g/mol. The Hall–Kier alpha value is -0.519. The van der Waals surface area contributed by atoms with Crippen LogP contribution in [0.5, 0.6) is 0 Å². The van der Waals surface area contributed by atoms with Crippen LogP contribution < -0.4 is 0 Å². The summed E-state index contributed by atoms with van der Waals surface area (Å²) >= 11 is 0. The maximum atomic E-state index is 11.5. The van der Waals surface area contributed by atoms with Gasteiger partial charge in [-0.25, -0.2) is 0 Å². The summed E-state index contributed by atoms with van der Waals surface area (Å²) < 4.78 is 25.3. The molecule has 5 nitrogen and oxygen atoms in total. The molecular formula is C31H62O5Si3. The fourth-order valence-electron chi connectivity index (χ4n) is 5.58. The van der Waals surface area contributed by atoms with Gasteiger partial charge < -0.3 is 18.0 Å². The molecule has 0 heterocycles. The Morgan fingerprint density at radius 3 is 2.03 bits per heavy atom. The molecule has 0 N–H and O–H groups in total. The van der Waals surface area contributed by atoms with Crippen LogP contribution in [0.1, 0.15) is 71.6 Å². The van der Waals surface area contributed by atoms with Crippen molar-refractivity contribution in [2.24, 2.45) is 11.8 Å². The van der Waals surface area contributed by atoms with Gasteiger partial charge in [0.2, 0.25) is 0 Å². The Kier molecular flexibility index (Phi) is 15.2. The minimum absolute atomic E-state index is 0.137. The molecule has 1 saturated carbocycles. The van der Waals surface area contributed by atoms with Crippen LogP contribution >= 0.6 is 0 Å². The van der Waals surface area contributed by atoms with Crippen LogP contribution in [0, 0.1) is 11.8 Å². The molecule has 0 aromatic heterocycles. The van der Waals surface area contributed by atoms with Crippen LogP contribution in [0.25, 0.3) is 0 Å². The number of ether oxygens (including phenoxy) is 1. The molecule has 0 spiro atoms. The lowest BCUT2D eigenvalue weighted by Gasteiger charge is -2.35. The van der Waals surface area contributed by atoms with E-state index in [2.05, 4.69) is 97.1 Å². The molecule has 228 valence electrons. The zero-order valence-electron chi connectivity index (χ0n) is 27.5. The molecule has 0 aromatic carbocycles. The van der Waals surface area contributed by atoms with E-state index in [9.17, 15) is 4.79 Å². The fraction of sp³-hybridized carbons (Fsp3) is 0.839. The van der Waals surface area contributed by atoms with E-state index in [1.807, 2.05) is 0 Å². The SMILES string of the molecule is CCCCC[C@@](C)(/C=C/[C@H]1[C@H](C/C=C\CCCC(=O)OC)[C@@H](O[Si](C)(C)C)C[C@H]1O[Si](C)(C)C)O[Si](C)(C)C. The molecule has 0 aromatic rings. The van der Waals surface area contributed by atoms with Gasteiger partial charge >= 0.3 is 5.97 Å². The van der Waals surface area contributed by atoms with Crippen LogP contribution in [0.2, 0.25) is 58.9 Å². The first-order valence-corrected chi connectivity index (χ1v) is 25.6. The molecule has 1 rings (SSSR count). The van der Waals surface area contributed by atoms with Crippen molar-refractivity contribution in [3.63, 3.8) is 0 Å². The number of carbonyl (C=O) groups excluding carboxylic acids is 1. The lowest BCUT2D eigenvalue weighted by molar-refractivity contribution is -0.140. The lowest BCUT2D eigenvalue weighted by atomic mass is 9.88. The maximum absolute atomic E-state index is 11.5. The Labute approximate surface area is 244 Å². The van der Waals surface area contributed by atoms with E-state index in [1.54, 1.807) is 0 Å². The standard InChI is InChI=1S/C31H62O5Si3/c1-13-14-19-23-31(2,36-39(10,11)12)24-22-27-26(20-17-15-16-18-21-30(32)33-3)28(34-37(4,5)6)25-29(27)35-38(7,8)9/h15,17,22,24,26-29H,13-14,16,18-21,23,25H2,1-12H3/b17-15-,24-22+/t26-,27-,28-,29+,31-/m0/s1. The second-order valence-electron chi connectivity index (χ2n) is 14.5. The van der Waals surface area contributed by atoms with E-state index in [0.29, 0.717) is 12.3 Å². The van der Waals surface area contributed by atoms with Crippen LogP contribution in [-0.4, -0.2) is 55.8 Å². The van der Waals surface area contributed by atoms with Crippen LogP contribution in [-0.2, 0) is 22.8 Å². The number of rotatable bonds is 18. The second kappa shape index (κ2) is 16.2. The summed E-state index contributed by atoms with van der Waals surface area (Å²) in [5.41, 5.74) is -0.255. The number of hydrogen-bond donors (Lipinski definition) is 0. The predicted octanol–water partition coefficient (Wildman–Crippen LogP) is 9.10. The lowest BCUT2D eigenvalue weighted by Crippen LogP contribution is -2.40. The third-order valence-corrected chi connectivity index (χ3v) is 10.0. The van der Waals surface area contributed by atoms with E-state index in [-0.39, 0.29) is 29.7 Å². The van der Waals surface area contributed by atoms with Crippen molar-refractivity contribution in [3.05, 3.63) is 24.3 Å². The molecule has 0 amide bonds. The number of esters is 1. The highest BCUT2D eigenvalue weighted by molar-refractivity contribution is 6.70. The fourth-order valence-corrected chi connectivity index (χ4v) is 9.49. The van der Waals surface area contributed by atoms with Crippen LogP contribution in [0.15, 0.2) is 24.3 Å². The van der Waals surface area contributed by atoms with Gasteiger partial charge in [0.25, 0.3) is 0 Å². The van der Waals surface area contributed by atoms with E-state index in [4.69, 9.17) is 18.0 Å². The van der Waals surface area contributed by atoms with Gasteiger partial charge in [-0.1, -0.05) is 50.5 Å². The molecule has 8 heteroatoms. The van der Waals surface area contributed by atoms with E-state index < -0.39 is 25.0 Å². The zero-order valence-corrected chi connectivity index (χ0v) is 30.5. The maximum Gasteiger partial charge on any atom is 0.305 e. The molecule has 1 fully saturated rings. The largest absolute Gasteiger partial charge is 0.469 e. The van der Waals surface area contributed by atoms with Crippen molar-refractivity contribution in [3.8, 4) is 0 Å². The van der Waals surface area contributed by atoms with Gasteiger partial charge in [0.1, 0.15) is 0 Å². The van der Waals surface area contributed by atoms with Crippen molar-refractivity contribution >= 4 is 30.9 Å². The first-order valence-electron chi connectivity index (χ1n) is 15.3. The number of carbonyl (C=O) groups is 1. The summed E-state index contributed by atoms with van der Waals surface area (Å²) in [6.07, 6.45) is 18.5.